The van der Waals surface area contributed by atoms with E-state index >= 15 is 0 Å². The van der Waals surface area contributed by atoms with Gasteiger partial charge in [0.05, 0.1) is 24.9 Å². The Bertz CT molecular complexity index is 773. The van der Waals surface area contributed by atoms with Crippen LogP contribution in [0.25, 0.3) is 0 Å². The fourth-order valence-corrected chi connectivity index (χ4v) is 3.30. The first-order chi connectivity index (χ1) is 14.7. The Morgan fingerprint density at radius 2 is 2.00 bits per heavy atom. The molecule has 1 amide bonds. The molecule has 1 aliphatic rings. The van der Waals surface area contributed by atoms with E-state index in [2.05, 4.69) is 4.98 Å². The third kappa shape index (κ3) is 8.07. The van der Waals surface area contributed by atoms with E-state index in [0.717, 1.165) is 5.56 Å². The number of amides is 1. The number of nitrogens with one attached hydrogen (secondary N) is 1. The summed E-state index contributed by atoms with van der Waals surface area (Å²) in [6, 6.07) is 1.55. The summed E-state index contributed by atoms with van der Waals surface area (Å²) in [5.41, 5.74) is 7.16. The summed E-state index contributed by atoms with van der Waals surface area (Å²) >= 11 is 0. The maximum Gasteiger partial charge on any atom is 0.471 e. The molecular formula is C21H29ClF3N3O4. The number of hydrogen-bond acceptors (Lipinski definition) is 6. The van der Waals surface area contributed by atoms with Gasteiger partial charge in [-0.15, -0.1) is 12.4 Å². The second-order valence-corrected chi connectivity index (χ2v) is 7.34. The van der Waals surface area contributed by atoms with Gasteiger partial charge < -0.3 is 20.5 Å². The second kappa shape index (κ2) is 12.8. The normalized spacial score (nSPS) is 20.8. The van der Waals surface area contributed by atoms with Crippen molar-refractivity contribution < 1.29 is 32.2 Å². The molecule has 0 aromatic carbocycles. The molecule has 1 aliphatic carbocycles. The predicted octanol–water partition coefficient (Wildman–Crippen LogP) is 2.87. The van der Waals surface area contributed by atoms with E-state index in [0.29, 0.717) is 19.3 Å². The van der Waals surface area contributed by atoms with Crippen LogP contribution in [0.2, 0.25) is 0 Å². The van der Waals surface area contributed by atoms with Crippen molar-refractivity contribution in [3.05, 3.63) is 41.7 Å². The lowest BCUT2D eigenvalue weighted by Crippen LogP contribution is -2.59. The maximum absolute atomic E-state index is 12.7. The zero-order valence-electron chi connectivity index (χ0n) is 17.9. The topological polar surface area (TPSA) is 104 Å². The summed E-state index contributed by atoms with van der Waals surface area (Å²) in [5, 5.41) is 1.92. The van der Waals surface area contributed by atoms with Crippen LogP contribution in [-0.4, -0.2) is 53.9 Å². The summed E-state index contributed by atoms with van der Waals surface area (Å²) < 4.78 is 49.4. The number of rotatable bonds is 9. The number of aromatic nitrogens is 1. The van der Waals surface area contributed by atoms with Crippen LogP contribution >= 0.6 is 12.4 Å². The molecule has 0 spiro atoms. The first kappa shape index (κ1) is 27.9. The highest BCUT2D eigenvalue weighted by Gasteiger charge is 2.44. The van der Waals surface area contributed by atoms with Crippen molar-refractivity contribution in [1.82, 2.24) is 10.3 Å². The van der Waals surface area contributed by atoms with Gasteiger partial charge in [0.25, 0.3) is 0 Å². The molecule has 180 valence electrons. The van der Waals surface area contributed by atoms with Gasteiger partial charge >= 0.3 is 18.1 Å². The van der Waals surface area contributed by atoms with Crippen LogP contribution in [-0.2, 0) is 25.5 Å². The summed E-state index contributed by atoms with van der Waals surface area (Å²) in [6.07, 6.45) is 0.0645. The molecule has 11 heteroatoms. The first-order valence-electron chi connectivity index (χ1n) is 10.2. The predicted molar refractivity (Wildman–Crippen MR) is 114 cm³/mol. The van der Waals surface area contributed by atoms with Gasteiger partial charge in [0.1, 0.15) is 0 Å². The Balaban J connectivity index is 0.00000512. The number of carbonyl (C=O) groups is 2. The number of hydrogen-bond donors (Lipinski definition) is 2. The number of alkyl halides is 3. The first-order valence-corrected chi connectivity index (χ1v) is 10.2. The number of ether oxygens (including phenoxy) is 2. The van der Waals surface area contributed by atoms with Crippen molar-refractivity contribution >= 4 is 24.3 Å². The third-order valence-electron chi connectivity index (χ3n) is 5.06. The number of nitrogens with zero attached hydrogens (tertiary/aromatic N) is 1. The molecule has 1 heterocycles. The molecule has 1 aromatic rings. The van der Waals surface area contributed by atoms with Crippen LogP contribution in [0.5, 0.6) is 0 Å². The van der Waals surface area contributed by atoms with E-state index in [9.17, 15) is 22.8 Å². The van der Waals surface area contributed by atoms with Gasteiger partial charge in [-0.1, -0.05) is 19.9 Å². The van der Waals surface area contributed by atoms with E-state index in [1.165, 1.54) is 6.08 Å². The number of esters is 1. The van der Waals surface area contributed by atoms with Gasteiger partial charge in [0.2, 0.25) is 0 Å². The number of halogens is 4. The van der Waals surface area contributed by atoms with Gasteiger partial charge in [-0.2, -0.15) is 13.2 Å². The van der Waals surface area contributed by atoms with Crippen LogP contribution in [0.4, 0.5) is 13.2 Å². The summed E-state index contributed by atoms with van der Waals surface area (Å²) in [6.45, 7) is 3.86. The third-order valence-corrected chi connectivity index (χ3v) is 5.06. The van der Waals surface area contributed by atoms with Crippen LogP contribution in [0.15, 0.2) is 36.2 Å². The van der Waals surface area contributed by atoms with Crippen molar-refractivity contribution in [2.75, 3.05) is 6.61 Å². The zero-order chi connectivity index (χ0) is 23.0. The monoisotopic (exact) mass is 479 g/mol. The van der Waals surface area contributed by atoms with Crippen molar-refractivity contribution in [3.8, 4) is 0 Å². The summed E-state index contributed by atoms with van der Waals surface area (Å²) in [5.74, 6) is -2.71. The van der Waals surface area contributed by atoms with E-state index < -0.39 is 36.2 Å². The minimum absolute atomic E-state index is 0. The summed E-state index contributed by atoms with van der Waals surface area (Å²) in [7, 11) is 0. The van der Waals surface area contributed by atoms with Crippen molar-refractivity contribution in [1.29, 1.82) is 0 Å². The Labute approximate surface area is 191 Å². The van der Waals surface area contributed by atoms with E-state index in [1.54, 1.807) is 18.5 Å². The lowest BCUT2D eigenvalue weighted by Gasteiger charge is -2.36. The van der Waals surface area contributed by atoms with Gasteiger partial charge in [-0.3, -0.25) is 9.78 Å². The molecule has 7 nitrogen and oxygen atoms in total. The smallest absolute Gasteiger partial charge is 0.462 e. The van der Waals surface area contributed by atoms with E-state index in [4.69, 9.17) is 15.2 Å². The zero-order valence-corrected chi connectivity index (χ0v) is 18.7. The maximum atomic E-state index is 12.7. The van der Waals surface area contributed by atoms with Gasteiger partial charge in [-0.25, -0.2) is 4.79 Å². The Hall–Kier alpha value is -2.17. The largest absolute Gasteiger partial charge is 0.471 e. The van der Waals surface area contributed by atoms with Crippen LogP contribution in [0, 0.1) is 0 Å². The minimum Gasteiger partial charge on any atom is -0.462 e. The minimum atomic E-state index is -5.05. The molecule has 1 aromatic heterocycles. The molecule has 0 aliphatic heterocycles. The highest BCUT2D eigenvalue weighted by atomic mass is 35.5. The lowest BCUT2D eigenvalue weighted by molar-refractivity contribution is -0.175. The lowest BCUT2D eigenvalue weighted by atomic mass is 9.88. The number of carbonyl (C=O) groups excluding carboxylic acids is 2. The van der Waals surface area contributed by atoms with Gasteiger partial charge in [0.15, 0.2) is 0 Å². The Morgan fingerprint density at radius 1 is 1.31 bits per heavy atom. The van der Waals surface area contributed by atoms with E-state index in [-0.39, 0.29) is 37.1 Å². The fourth-order valence-electron chi connectivity index (χ4n) is 3.30. The van der Waals surface area contributed by atoms with E-state index in [1.807, 2.05) is 25.2 Å². The molecular weight excluding hydrogens is 451 g/mol. The molecule has 0 fully saturated rings. The van der Waals surface area contributed by atoms with Crippen molar-refractivity contribution in [2.24, 2.45) is 5.73 Å². The molecule has 0 unspecified atom stereocenters. The van der Waals surface area contributed by atoms with Gasteiger partial charge in [0, 0.05) is 30.4 Å². The van der Waals surface area contributed by atoms with Crippen molar-refractivity contribution in [2.45, 2.75) is 70.0 Å². The summed E-state index contributed by atoms with van der Waals surface area (Å²) in [4.78, 5) is 28.0. The molecule has 3 atom stereocenters. The average Bonchev–Trinajstić information content (AvgIpc) is 2.73. The molecule has 0 bridgehead atoms. The molecule has 0 radical (unpaired) electrons. The Kier molecular flexibility index (Phi) is 11.1. The molecule has 32 heavy (non-hydrogen) atoms. The van der Waals surface area contributed by atoms with Gasteiger partial charge in [-0.05, 0) is 37.0 Å². The number of nitrogens with two attached hydrogens (primary N) is 1. The highest BCUT2D eigenvalue weighted by Crippen LogP contribution is 2.25. The van der Waals surface area contributed by atoms with Crippen LogP contribution in [0.3, 0.4) is 0 Å². The second-order valence-electron chi connectivity index (χ2n) is 7.34. The molecule has 2 rings (SSSR count). The molecule has 0 saturated heterocycles. The average molecular weight is 480 g/mol. The molecule has 3 N–H and O–H groups in total. The van der Waals surface area contributed by atoms with Crippen molar-refractivity contribution in [3.63, 3.8) is 0 Å². The highest BCUT2D eigenvalue weighted by molar-refractivity contribution is 5.89. The van der Waals surface area contributed by atoms with Crippen LogP contribution in [0.1, 0.15) is 38.7 Å². The van der Waals surface area contributed by atoms with Crippen LogP contribution < -0.4 is 11.1 Å². The standard InChI is InChI=1S/C21H28F3N3O4.ClH/c1-3-15(4-2)31-17-11-14(10-16(25)18(17)27-20(29)21(22,23)24)19(28)30-9-7-13-6-5-8-26-12-13;/h5-6,8,11-12,15-18H,3-4,7,9-10,25H2,1-2H3,(H,27,29);1H/t16-,17+,18+;/m0./s1. The Morgan fingerprint density at radius 3 is 2.56 bits per heavy atom. The SMILES string of the molecule is CCC(CC)O[C@@H]1C=C(C(=O)OCCc2cccnc2)C[C@H](N)[C@H]1NC(=O)C(F)(F)F.Cl. The molecule has 0 saturated carbocycles. The number of pyridine rings is 1. The fraction of sp³-hybridized carbons (Fsp3) is 0.571. The quantitative estimate of drug-likeness (QED) is 0.528.